The molecule has 0 bridgehead atoms. The summed E-state index contributed by atoms with van der Waals surface area (Å²) in [7, 11) is 0. The van der Waals surface area contributed by atoms with Gasteiger partial charge >= 0.3 is 0 Å². The lowest BCUT2D eigenvalue weighted by Crippen LogP contribution is -2.16. The van der Waals surface area contributed by atoms with Gasteiger partial charge in [-0.2, -0.15) is 5.26 Å². The number of nitrogens with zero attached hydrogens (tertiary/aromatic N) is 4. The lowest BCUT2D eigenvalue weighted by molar-refractivity contribution is 0.386. The van der Waals surface area contributed by atoms with Crippen molar-refractivity contribution < 1.29 is 8.83 Å². The molecule has 1 aliphatic carbocycles. The summed E-state index contributed by atoms with van der Waals surface area (Å²) in [6.45, 7) is 0. The summed E-state index contributed by atoms with van der Waals surface area (Å²) < 4.78 is 18.0. The third-order valence-corrected chi connectivity index (χ3v) is 15.8. The number of para-hydroxylation sites is 4. The van der Waals surface area contributed by atoms with E-state index in [1.54, 1.807) is 0 Å². The van der Waals surface area contributed by atoms with Crippen LogP contribution < -0.4 is 0 Å². The molecular formula is C66H44N4O2. The first-order valence-corrected chi connectivity index (χ1v) is 25.0. The van der Waals surface area contributed by atoms with Crippen molar-refractivity contribution >= 4 is 87.6 Å². The van der Waals surface area contributed by atoms with Crippen molar-refractivity contribution in [1.82, 2.24) is 14.1 Å². The zero-order valence-electron chi connectivity index (χ0n) is 39.2. The summed E-state index contributed by atoms with van der Waals surface area (Å²) in [6.07, 6.45) is 6.72. The Hall–Kier alpha value is -9.18. The number of hydrogen-bond donors (Lipinski definition) is 0. The quantitative estimate of drug-likeness (QED) is 0.167. The van der Waals surface area contributed by atoms with Crippen LogP contribution in [0.2, 0.25) is 0 Å². The molecule has 9 aromatic carbocycles. The van der Waals surface area contributed by atoms with Crippen LogP contribution in [-0.4, -0.2) is 14.1 Å². The molecule has 1 fully saturated rings. The molecule has 340 valence electrons. The number of rotatable bonds is 6. The van der Waals surface area contributed by atoms with Crippen molar-refractivity contribution in [2.24, 2.45) is 0 Å². The van der Waals surface area contributed by atoms with E-state index in [0.29, 0.717) is 17.4 Å². The van der Waals surface area contributed by atoms with Crippen LogP contribution in [0.5, 0.6) is 0 Å². The highest BCUT2D eigenvalue weighted by Gasteiger charge is 2.28. The van der Waals surface area contributed by atoms with Crippen LogP contribution in [0.25, 0.3) is 121 Å². The lowest BCUT2D eigenvalue weighted by atomic mass is 9.72. The highest BCUT2D eigenvalue weighted by Crippen LogP contribution is 2.46. The van der Waals surface area contributed by atoms with Crippen molar-refractivity contribution in [3.8, 4) is 39.7 Å². The van der Waals surface area contributed by atoms with Crippen LogP contribution in [0.15, 0.2) is 215 Å². The van der Waals surface area contributed by atoms with Gasteiger partial charge < -0.3 is 18.0 Å². The van der Waals surface area contributed by atoms with Gasteiger partial charge in [0, 0.05) is 43.9 Å². The third kappa shape index (κ3) is 6.17. The van der Waals surface area contributed by atoms with Crippen LogP contribution in [0.1, 0.15) is 54.2 Å². The summed E-state index contributed by atoms with van der Waals surface area (Å²) in [6, 6.07) is 74.1. The molecule has 0 N–H and O–H groups in total. The van der Waals surface area contributed by atoms with E-state index in [1.165, 1.54) is 75.3 Å². The zero-order valence-corrected chi connectivity index (χ0v) is 39.2. The van der Waals surface area contributed by atoms with E-state index in [0.717, 1.165) is 82.8 Å². The molecule has 2 atom stereocenters. The van der Waals surface area contributed by atoms with E-state index in [-0.39, 0.29) is 0 Å². The molecule has 1 saturated carbocycles. The SMILES string of the molecule is N#Cc1ccc2c(c1)c1ccccc1n2-c1ccnc2c1oc1ccc(-c3ccc(C4CCCC[C@@H]4c4ccc(-c5ccc6oc7c(-n8c9ccccc9c9ccccc98)cccc7c6c5)cc4)cc3)cc12. The average molecular weight is 925 g/mol. The smallest absolute Gasteiger partial charge is 0.177 e. The molecule has 0 saturated heterocycles. The fourth-order valence-corrected chi connectivity index (χ4v) is 12.4. The number of benzene rings is 9. The molecule has 1 aliphatic rings. The lowest BCUT2D eigenvalue weighted by Gasteiger charge is -2.32. The van der Waals surface area contributed by atoms with Gasteiger partial charge in [-0.1, -0.05) is 140 Å². The Kier molecular flexibility index (Phi) is 9.00. The van der Waals surface area contributed by atoms with E-state index >= 15 is 0 Å². The Morgan fingerprint density at radius 1 is 0.417 bits per heavy atom. The molecule has 0 radical (unpaired) electrons. The number of fused-ring (bicyclic) bond motifs is 12. The maximum absolute atomic E-state index is 9.69. The van der Waals surface area contributed by atoms with Gasteiger partial charge in [-0.15, -0.1) is 0 Å². The van der Waals surface area contributed by atoms with E-state index in [9.17, 15) is 5.26 Å². The molecule has 6 heteroatoms. The van der Waals surface area contributed by atoms with Gasteiger partial charge in [0.25, 0.3) is 0 Å². The van der Waals surface area contributed by atoms with Gasteiger partial charge in [0.15, 0.2) is 11.2 Å². The highest BCUT2D eigenvalue weighted by molar-refractivity contribution is 6.14. The van der Waals surface area contributed by atoms with Crippen molar-refractivity contribution in [2.45, 2.75) is 37.5 Å². The van der Waals surface area contributed by atoms with Gasteiger partial charge in [-0.25, -0.2) is 0 Å². The maximum Gasteiger partial charge on any atom is 0.177 e. The average Bonchev–Trinajstić information content (AvgIpc) is 4.21. The van der Waals surface area contributed by atoms with E-state index in [4.69, 9.17) is 13.8 Å². The Labute approximate surface area is 414 Å². The third-order valence-electron chi connectivity index (χ3n) is 15.8. The predicted molar refractivity (Wildman–Crippen MR) is 293 cm³/mol. The van der Waals surface area contributed by atoms with Crippen molar-refractivity contribution in [2.75, 3.05) is 0 Å². The minimum atomic E-state index is 0.450. The molecule has 0 spiro atoms. The molecule has 0 amide bonds. The number of nitriles is 1. The van der Waals surface area contributed by atoms with Gasteiger partial charge in [0.1, 0.15) is 16.7 Å². The minimum absolute atomic E-state index is 0.450. The van der Waals surface area contributed by atoms with Gasteiger partial charge in [-0.05, 0) is 131 Å². The molecule has 14 aromatic rings. The molecule has 5 heterocycles. The van der Waals surface area contributed by atoms with Crippen LogP contribution in [-0.2, 0) is 0 Å². The maximum atomic E-state index is 9.69. The second-order valence-corrected chi connectivity index (χ2v) is 19.6. The number of hydrogen-bond acceptors (Lipinski definition) is 4. The van der Waals surface area contributed by atoms with Crippen molar-refractivity contribution in [3.05, 3.63) is 223 Å². The van der Waals surface area contributed by atoms with Gasteiger partial charge in [0.2, 0.25) is 0 Å². The highest BCUT2D eigenvalue weighted by atomic mass is 16.3. The van der Waals surface area contributed by atoms with E-state index in [2.05, 4.69) is 185 Å². The molecule has 5 aromatic heterocycles. The summed E-state index contributed by atoms with van der Waals surface area (Å²) in [5, 5.41) is 17.5. The largest absolute Gasteiger partial charge is 0.454 e. The molecule has 1 unspecified atom stereocenters. The summed E-state index contributed by atoms with van der Waals surface area (Å²) >= 11 is 0. The van der Waals surface area contributed by atoms with Crippen molar-refractivity contribution in [3.63, 3.8) is 0 Å². The van der Waals surface area contributed by atoms with E-state index in [1.807, 2.05) is 36.5 Å². The van der Waals surface area contributed by atoms with Crippen LogP contribution in [0, 0.1) is 11.3 Å². The summed E-state index contributed by atoms with van der Waals surface area (Å²) in [5.74, 6) is 0.904. The summed E-state index contributed by atoms with van der Waals surface area (Å²) in [5.41, 5.74) is 18.7. The molecule has 6 nitrogen and oxygen atoms in total. The first-order valence-electron chi connectivity index (χ1n) is 25.0. The molecule has 72 heavy (non-hydrogen) atoms. The predicted octanol–water partition coefficient (Wildman–Crippen LogP) is 17.7. The van der Waals surface area contributed by atoms with Gasteiger partial charge in [-0.3, -0.25) is 4.98 Å². The van der Waals surface area contributed by atoms with Crippen LogP contribution in [0.4, 0.5) is 0 Å². The Morgan fingerprint density at radius 3 is 1.53 bits per heavy atom. The molecule has 0 aliphatic heterocycles. The monoisotopic (exact) mass is 924 g/mol. The van der Waals surface area contributed by atoms with Crippen molar-refractivity contribution in [1.29, 1.82) is 5.26 Å². The normalized spacial score (nSPS) is 15.3. The van der Waals surface area contributed by atoms with Crippen LogP contribution >= 0.6 is 0 Å². The molecular weight excluding hydrogens is 881 g/mol. The first kappa shape index (κ1) is 40.7. The van der Waals surface area contributed by atoms with E-state index < -0.39 is 0 Å². The molecule has 15 rings (SSSR count). The van der Waals surface area contributed by atoms with Gasteiger partial charge in [0.05, 0.1) is 45.1 Å². The standard InChI is InChI=1S/C66H44N4O2/c67-39-40-20-31-59-53(36-40)51-14-5-8-18-58(51)70(59)61-34-35-68-64-55-38-46(30-33-63(55)72-66(61)64)42-23-27-44(28-24-42)48-11-2-1-10-47(48)43-25-21-41(22-26-43)45-29-32-62-54(37-45)52-15-9-19-60(65(52)71-62)69-56-16-6-3-12-49(56)50-13-4-7-17-57(50)69/h3-9,12-38,47-48H,1-2,10-11H2/t47-,48?/m1/s1. The topological polar surface area (TPSA) is 72.8 Å². The van der Waals surface area contributed by atoms with Crippen LogP contribution in [0.3, 0.4) is 0 Å². The Bertz CT molecular complexity index is 4490. The zero-order chi connectivity index (χ0) is 47.4. The Balaban J connectivity index is 0.719. The minimum Gasteiger partial charge on any atom is -0.454 e. The number of aromatic nitrogens is 3. The second-order valence-electron chi connectivity index (χ2n) is 19.6. The first-order chi connectivity index (χ1) is 35.6. The Morgan fingerprint density at radius 2 is 0.917 bits per heavy atom. The fraction of sp³-hybridized carbons (Fsp3) is 0.0909. The number of pyridine rings is 1. The second kappa shape index (κ2) is 15.9. The fourth-order valence-electron chi connectivity index (χ4n) is 12.4. The number of furan rings is 2. The summed E-state index contributed by atoms with van der Waals surface area (Å²) in [4.78, 5) is 4.89.